The van der Waals surface area contributed by atoms with Crippen LogP contribution < -0.4 is 11.1 Å². The van der Waals surface area contributed by atoms with Crippen LogP contribution in [0.2, 0.25) is 0 Å². The Morgan fingerprint density at radius 2 is 2.14 bits per heavy atom. The molecule has 0 amide bonds. The Hall–Kier alpha value is -2.34. The predicted octanol–water partition coefficient (Wildman–Crippen LogP) is 2.10. The lowest BCUT2D eigenvalue weighted by Gasteiger charge is -2.09. The molecule has 0 radical (unpaired) electrons. The Morgan fingerprint density at radius 3 is 2.81 bits per heavy atom. The molecule has 0 saturated carbocycles. The zero-order valence-corrected chi connectivity index (χ0v) is 12.0. The molecule has 1 unspecified atom stereocenters. The lowest BCUT2D eigenvalue weighted by Crippen LogP contribution is -2.20. The highest BCUT2D eigenvalue weighted by molar-refractivity contribution is 6.01. The number of anilines is 2. The van der Waals surface area contributed by atoms with Gasteiger partial charge in [-0.1, -0.05) is 17.3 Å². The van der Waals surface area contributed by atoms with Gasteiger partial charge in [0.1, 0.15) is 11.9 Å². The smallest absolute Gasteiger partial charge is 0.145 e. The van der Waals surface area contributed by atoms with E-state index in [2.05, 4.69) is 22.5 Å². The summed E-state index contributed by atoms with van der Waals surface area (Å²) in [6.45, 7) is 3.39. The maximum atomic E-state index is 5.58. The molecule has 2 aromatic rings. The molecule has 21 heavy (non-hydrogen) atoms. The van der Waals surface area contributed by atoms with E-state index in [1.165, 1.54) is 0 Å². The predicted molar refractivity (Wildman–Crippen MR) is 82.7 cm³/mol. The van der Waals surface area contributed by atoms with Crippen molar-refractivity contribution in [3.8, 4) is 0 Å². The normalized spacial score (nSPS) is 17.4. The van der Waals surface area contributed by atoms with Gasteiger partial charge in [0.15, 0.2) is 0 Å². The second-order valence-electron chi connectivity index (χ2n) is 4.94. The van der Waals surface area contributed by atoms with Crippen molar-refractivity contribution in [1.29, 1.82) is 0 Å². The van der Waals surface area contributed by atoms with Gasteiger partial charge in [-0.2, -0.15) is 5.10 Å². The third-order valence-electron chi connectivity index (χ3n) is 3.50. The SMILES string of the molecule is CCn1nccc1Nc1ccc(C2=NOC(CN)C2)cc1. The van der Waals surface area contributed by atoms with Gasteiger partial charge in [0.25, 0.3) is 0 Å². The van der Waals surface area contributed by atoms with Crippen molar-refractivity contribution in [3.63, 3.8) is 0 Å². The highest BCUT2D eigenvalue weighted by atomic mass is 16.6. The molecule has 0 spiro atoms. The number of nitrogens with two attached hydrogens (primary N) is 1. The summed E-state index contributed by atoms with van der Waals surface area (Å²) in [5, 5.41) is 11.7. The minimum Gasteiger partial charge on any atom is -0.390 e. The van der Waals surface area contributed by atoms with Crippen LogP contribution in [0.4, 0.5) is 11.5 Å². The summed E-state index contributed by atoms with van der Waals surface area (Å²) in [5.41, 5.74) is 8.63. The average Bonchev–Trinajstić information content (AvgIpc) is 3.16. The van der Waals surface area contributed by atoms with Crippen molar-refractivity contribution in [2.75, 3.05) is 11.9 Å². The molecular formula is C15H19N5O. The van der Waals surface area contributed by atoms with Crippen molar-refractivity contribution in [1.82, 2.24) is 9.78 Å². The molecule has 0 bridgehead atoms. The van der Waals surface area contributed by atoms with E-state index in [1.807, 2.05) is 35.0 Å². The fourth-order valence-corrected chi connectivity index (χ4v) is 2.31. The van der Waals surface area contributed by atoms with Gasteiger partial charge in [-0.05, 0) is 24.6 Å². The van der Waals surface area contributed by atoms with E-state index in [1.54, 1.807) is 6.20 Å². The minimum absolute atomic E-state index is 0.0108. The van der Waals surface area contributed by atoms with E-state index in [-0.39, 0.29) is 6.10 Å². The summed E-state index contributed by atoms with van der Waals surface area (Å²) in [6.07, 6.45) is 2.57. The molecule has 6 nitrogen and oxygen atoms in total. The molecule has 1 atom stereocenters. The van der Waals surface area contributed by atoms with Crippen molar-refractivity contribution >= 4 is 17.2 Å². The zero-order valence-electron chi connectivity index (χ0n) is 12.0. The van der Waals surface area contributed by atoms with Gasteiger partial charge in [0.2, 0.25) is 0 Å². The third kappa shape index (κ3) is 2.90. The first-order valence-corrected chi connectivity index (χ1v) is 7.12. The number of aryl methyl sites for hydroxylation is 1. The molecule has 3 rings (SSSR count). The Bertz CT molecular complexity index is 632. The zero-order chi connectivity index (χ0) is 14.7. The summed E-state index contributed by atoms with van der Waals surface area (Å²) in [5.74, 6) is 0.981. The number of benzene rings is 1. The van der Waals surface area contributed by atoms with Crippen LogP contribution in [-0.2, 0) is 11.4 Å². The lowest BCUT2D eigenvalue weighted by atomic mass is 10.0. The van der Waals surface area contributed by atoms with E-state index >= 15 is 0 Å². The monoisotopic (exact) mass is 285 g/mol. The number of oxime groups is 1. The third-order valence-corrected chi connectivity index (χ3v) is 3.50. The van der Waals surface area contributed by atoms with Gasteiger partial charge >= 0.3 is 0 Å². The molecule has 110 valence electrons. The summed E-state index contributed by atoms with van der Waals surface area (Å²) in [6, 6.07) is 10.1. The average molecular weight is 285 g/mol. The van der Waals surface area contributed by atoms with Gasteiger partial charge in [0.05, 0.1) is 11.9 Å². The highest BCUT2D eigenvalue weighted by Gasteiger charge is 2.20. The second kappa shape index (κ2) is 5.97. The van der Waals surface area contributed by atoms with E-state index < -0.39 is 0 Å². The Morgan fingerprint density at radius 1 is 1.33 bits per heavy atom. The van der Waals surface area contributed by atoms with Gasteiger partial charge < -0.3 is 15.9 Å². The van der Waals surface area contributed by atoms with Crippen LogP contribution in [0.25, 0.3) is 0 Å². The highest BCUT2D eigenvalue weighted by Crippen LogP contribution is 2.20. The van der Waals surface area contributed by atoms with Crippen LogP contribution in [0.1, 0.15) is 18.9 Å². The van der Waals surface area contributed by atoms with Crippen LogP contribution in [0.3, 0.4) is 0 Å². The van der Waals surface area contributed by atoms with Gasteiger partial charge in [-0.15, -0.1) is 0 Å². The minimum atomic E-state index is 0.0108. The number of hydrogen-bond donors (Lipinski definition) is 2. The summed E-state index contributed by atoms with van der Waals surface area (Å²) >= 11 is 0. The molecular weight excluding hydrogens is 266 g/mol. The van der Waals surface area contributed by atoms with E-state index in [0.29, 0.717) is 6.54 Å². The molecule has 1 aliphatic heterocycles. The molecule has 6 heteroatoms. The standard InChI is InChI=1S/C15H19N5O/c1-2-20-15(7-8-17-20)18-12-5-3-11(4-6-12)14-9-13(10-16)21-19-14/h3-8,13,18H,2,9-10,16H2,1H3. The van der Waals surface area contributed by atoms with Crippen molar-refractivity contribution in [3.05, 3.63) is 42.1 Å². The van der Waals surface area contributed by atoms with Crippen LogP contribution in [0.15, 0.2) is 41.7 Å². The Kier molecular flexibility index (Phi) is 3.87. The van der Waals surface area contributed by atoms with E-state index in [9.17, 15) is 0 Å². The summed E-state index contributed by atoms with van der Waals surface area (Å²) in [4.78, 5) is 5.25. The maximum Gasteiger partial charge on any atom is 0.145 e. The quantitative estimate of drug-likeness (QED) is 0.882. The topological polar surface area (TPSA) is 77.5 Å². The Balaban J connectivity index is 1.70. The molecule has 1 aromatic carbocycles. The molecule has 1 aliphatic rings. The van der Waals surface area contributed by atoms with Gasteiger partial charge in [0, 0.05) is 31.3 Å². The first-order chi connectivity index (χ1) is 10.3. The number of aromatic nitrogens is 2. The van der Waals surface area contributed by atoms with E-state index in [0.717, 1.165) is 35.7 Å². The first kappa shape index (κ1) is 13.6. The van der Waals surface area contributed by atoms with Gasteiger partial charge in [-0.25, -0.2) is 4.68 Å². The first-order valence-electron chi connectivity index (χ1n) is 7.12. The molecule has 1 aromatic heterocycles. The van der Waals surface area contributed by atoms with Crippen LogP contribution >= 0.6 is 0 Å². The summed E-state index contributed by atoms with van der Waals surface area (Å²) < 4.78 is 1.91. The fraction of sp³-hybridized carbons (Fsp3) is 0.333. The number of nitrogens with zero attached hydrogens (tertiary/aromatic N) is 3. The van der Waals surface area contributed by atoms with Crippen LogP contribution in [-0.4, -0.2) is 28.1 Å². The molecule has 2 heterocycles. The number of rotatable bonds is 5. The lowest BCUT2D eigenvalue weighted by molar-refractivity contribution is 0.0918. The number of hydrogen-bond acceptors (Lipinski definition) is 5. The molecule has 3 N–H and O–H groups in total. The van der Waals surface area contributed by atoms with Gasteiger partial charge in [-0.3, -0.25) is 0 Å². The van der Waals surface area contributed by atoms with Crippen molar-refractivity contribution < 1.29 is 4.84 Å². The largest absolute Gasteiger partial charge is 0.390 e. The number of nitrogens with one attached hydrogen (secondary N) is 1. The second-order valence-corrected chi connectivity index (χ2v) is 4.94. The van der Waals surface area contributed by atoms with Crippen molar-refractivity contribution in [2.24, 2.45) is 10.9 Å². The summed E-state index contributed by atoms with van der Waals surface area (Å²) in [7, 11) is 0. The maximum absolute atomic E-state index is 5.58. The fourth-order valence-electron chi connectivity index (χ4n) is 2.31. The van der Waals surface area contributed by atoms with Crippen LogP contribution in [0.5, 0.6) is 0 Å². The van der Waals surface area contributed by atoms with Crippen LogP contribution in [0, 0.1) is 0 Å². The molecule has 0 fully saturated rings. The van der Waals surface area contributed by atoms with E-state index in [4.69, 9.17) is 10.6 Å². The Labute approximate surface area is 123 Å². The molecule has 0 aliphatic carbocycles. The molecule has 0 saturated heterocycles. The van der Waals surface area contributed by atoms with Crippen molar-refractivity contribution in [2.45, 2.75) is 26.0 Å².